The molecule has 1 unspecified atom stereocenters. The minimum Gasteiger partial charge on any atom is -0.482 e. The molecule has 1 atom stereocenters. The van der Waals surface area contributed by atoms with Crippen LogP contribution in [0.4, 0.5) is 11.4 Å². The molecule has 1 aromatic heterocycles. The molecular formula is C23H23N3O3S. The van der Waals surface area contributed by atoms with Gasteiger partial charge in [0.2, 0.25) is 0 Å². The second-order valence-corrected chi connectivity index (χ2v) is 8.48. The number of amides is 1. The van der Waals surface area contributed by atoms with Gasteiger partial charge in [-0.2, -0.15) is 0 Å². The van der Waals surface area contributed by atoms with Crippen LogP contribution in [-0.4, -0.2) is 29.8 Å². The van der Waals surface area contributed by atoms with E-state index >= 15 is 0 Å². The number of rotatable bonds is 4. The van der Waals surface area contributed by atoms with E-state index in [9.17, 15) is 4.79 Å². The molecule has 1 saturated heterocycles. The van der Waals surface area contributed by atoms with Gasteiger partial charge in [0.05, 0.1) is 29.7 Å². The number of anilines is 1. The number of aryl methyl sites for hydroxylation is 1. The first-order valence-corrected chi connectivity index (χ1v) is 11.0. The molecular weight excluding hydrogens is 398 g/mol. The van der Waals surface area contributed by atoms with Crippen molar-refractivity contribution < 1.29 is 14.3 Å². The predicted molar refractivity (Wildman–Crippen MR) is 117 cm³/mol. The highest BCUT2D eigenvalue weighted by atomic mass is 32.1. The Labute approximate surface area is 178 Å². The molecule has 0 aliphatic carbocycles. The van der Waals surface area contributed by atoms with Crippen LogP contribution in [-0.2, 0) is 16.1 Å². The van der Waals surface area contributed by atoms with Gasteiger partial charge in [0.1, 0.15) is 5.75 Å². The van der Waals surface area contributed by atoms with Crippen LogP contribution in [0.3, 0.4) is 0 Å². The van der Waals surface area contributed by atoms with Crippen LogP contribution >= 0.6 is 11.3 Å². The number of carbonyl (C=O) groups is 1. The van der Waals surface area contributed by atoms with E-state index in [0.29, 0.717) is 11.4 Å². The predicted octanol–water partition coefficient (Wildman–Crippen LogP) is 4.27. The summed E-state index contributed by atoms with van der Waals surface area (Å²) in [5.41, 5.74) is 4.92. The normalized spacial score (nSPS) is 18.8. The molecule has 1 N–H and O–H groups in total. The standard InChI is InChI=1S/C23H23N3O3S/c1-15-4-7-17(8-5-15)24-23-26(12-18-3-2-10-28-18)20(14-30-23)16-6-9-21-19(11-16)25-22(27)13-29-21/h4-9,11,14,18H,2-3,10,12-13H2,1H3,(H,25,27). The third-order valence-electron chi connectivity index (χ3n) is 5.37. The first-order valence-electron chi connectivity index (χ1n) is 10.1. The van der Waals surface area contributed by atoms with Gasteiger partial charge in [-0.15, -0.1) is 11.3 Å². The van der Waals surface area contributed by atoms with E-state index in [0.717, 1.165) is 47.7 Å². The first kappa shape index (κ1) is 19.1. The lowest BCUT2D eigenvalue weighted by molar-refractivity contribution is -0.118. The summed E-state index contributed by atoms with van der Waals surface area (Å²) in [4.78, 5) is 17.6. The van der Waals surface area contributed by atoms with E-state index in [4.69, 9.17) is 14.5 Å². The number of aromatic nitrogens is 1. The molecule has 154 valence electrons. The minimum atomic E-state index is -0.132. The molecule has 2 aliphatic rings. The molecule has 0 radical (unpaired) electrons. The Morgan fingerprint density at radius 2 is 2.10 bits per heavy atom. The van der Waals surface area contributed by atoms with E-state index in [1.807, 2.05) is 30.3 Å². The Bertz CT molecular complexity index is 1140. The molecule has 6 nitrogen and oxygen atoms in total. The number of nitrogens with one attached hydrogen (secondary N) is 1. The quantitative estimate of drug-likeness (QED) is 0.684. The molecule has 5 rings (SSSR count). The Morgan fingerprint density at radius 1 is 1.23 bits per heavy atom. The summed E-state index contributed by atoms with van der Waals surface area (Å²) in [5.74, 6) is 0.566. The average Bonchev–Trinajstić information content (AvgIpc) is 3.40. The zero-order chi connectivity index (χ0) is 20.5. The Hall–Kier alpha value is -2.90. The van der Waals surface area contributed by atoms with E-state index in [1.54, 1.807) is 11.3 Å². The summed E-state index contributed by atoms with van der Waals surface area (Å²) in [6.07, 6.45) is 2.34. The first-order chi connectivity index (χ1) is 14.7. The van der Waals surface area contributed by atoms with Gasteiger partial charge in [-0.1, -0.05) is 17.7 Å². The van der Waals surface area contributed by atoms with E-state index in [2.05, 4.69) is 34.3 Å². The summed E-state index contributed by atoms with van der Waals surface area (Å²) in [5, 5.41) is 5.02. The largest absolute Gasteiger partial charge is 0.482 e. The van der Waals surface area contributed by atoms with Gasteiger partial charge < -0.3 is 19.4 Å². The topological polar surface area (TPSA) is 64.8 Å². The third kappa shape index (κ3) is 3.91. The lowest BCUT2D eigenvalue weighted by Gasteiger charge is -2.19. The Kier molecular flexibility index (Phi) is 5.14. The van der Waals surface area contributed by atoms with Crippen molar-refractivity contribution in [2.75, 3.05) is 18.5 Å². The number of ether oxygens (including phenoxy) is 2. The zero-order valence-electron chi connectivity index (χ0n) is 16.8. The fraction of sp³-hybridized carbons (Fsp3) is 0.304. The van der Waals surface area contributed by atoms with Crippen molar-refractivity contribution >= 4 is 28.6 Å². The summed E-state index contributed by atoms with van der Waals surface area (Å²) in [6, 6.07) is 14.1. The number of carbonyl (C=O) groups excluding carboxylic acids is 1. The highest BCUT2D eigenvalue weighted by molar-refractivity contribution is 7.07. The molecule has 30 heavy (non-hydrogen) atoms. The number of fused-ring (bicyclic) bond motifs is 1. The second-order valence-electron chi connectivity index (χ2n) is 7.64. The molecule has 3 aromatic rings. The van der Waals surface area contributed by atoms with Gasteiger partial charge in [0.25, 0.3) is 5.91 Å². The maximum atomic E-state index is 11.7. The second kappa shape index (κ2) is 8.08. The molecule has 3 heterocycles. The number of nitrogens with zero attached hydrogens (tertiary/aromatic N) is 2. The van der Waals surface area contributed by atoms with Crippen LogP contribution in [0.2, 0.25) is 0 Å². The minimum absolute atomic E-state index is 0.0589. The highest BCUT2D eigenvalue weighted by Crippen LogP contribution is 2.33. The number of benzene rings is 2. The monoisotopic (exact) mass is 421 g/mol. The van der Waals surface area contributed by atoms with Gasteiger partial charge in [0, 0.05) is 17.6 Å². The molecule has 1 fully saturated rings. The SMILES string of the molecule is Cc1ccc(N=c2scc(-c3ccc4c(c3)NC(=O)CO4)n2CC2CCCO2)cc1. The zero-order valence-corrected chi connectivity index (χ0v) is 17.6. The van der Waals surface area contributed by atoms with Crippen molar-refractivity contribution in [3.8, 4) is 17.0 Å². The fourth-order valence-electron chi connectivity index (χ4n) is 3.79. The van der Waals surface area contributed by atoms with Crippen LogP contribution in [0, 0.1) is 6.92 Å². The number of hydrogen-bond acceptors (Lipinski definition) is 5. The fourth-order valence-corrected chi connectivity index (χ4v) is 4.73. The van der Waals surface area contributed by atoms with Gasteiger partial charge in [-0.3, -0.25) is 4.79 Å². The Morgan fingerprint density at radius 3 is 2.90 bits per heavy atom. The van der Waals surface area contributed by atoms with Crippen LogP contribution < -0.4 is 14.9 Å². The lowest BCUT2D eigenvalue weighted by atomic mass is 10.1. The maximum Gasteiger partial charge on any atom is 0.262 e. The summed E-state index contributed by atoms with van der Waals surface area (Å²) in [6.45, 7) is 3.70. The van der Waals surface area contributed by atoms with Gasteiger partial charge >= 0.3 is 0 Å². The molecule has 0 spiro atoms. The van der Waals surface area contributed by atoms with Gasteiger partial charge in [-0.05, 0) is 50.1 Å². The number of thiazole rings is 1. The van der Waals surface area contributed by atoms with Crippen molar-refractivity contribution in [3.63, 3.8) is 0 Å². The van der Waals surface area contributed by atoms with Crippen molar-refractivity contribution in [1.29, 1.82) is 0 Å². The molecule has 2 aliphatic heterocycles. The molecule has 0 saturated carbocycles. The van der Waals surface area contributed by atoms with E-state index < -0.39 is 0 Å². The van der Waals surface area contributed by atoms with Gasteiger partial charge in [0.15, 0.2) is 11.4 Å². The summed E-state index contributed by atoms with van der Waals surface area (Å²) < 4.78 is 13.6. The number of hydrogen-bond donors (Lipinski definition) is 1. The lowest BCUT2D eigenvalue weighted by Crippen LogP contribution is -2.25. The van der Waals surface area contributed by atoms with E-state index in [1.165, 1.54) is 5.56 Å². The molecule has 2 aromatic carbocycles. The highest BCUT2D eigenvalue weighted by Gasteiger charge is 2.21. The van der Waals surface area contributed by atoms with Crippen molar-refractivity contribution in [2.24, 2.45) is 4.99 Å². The molecule has 0 bridgehead atoms. The van der Waals surface area contributed by atoms with Crippen molar-refractivity contribution in [2.45, 2.75) is 32.4 Å². The average molecular weight is 422 g/mol. The maximum absolute atomic E-state index is 11.7. The molecule has 7 heteroatoms. The summed E-state index contributed by atoms with van der Waals surface area (Å²) in [7, 11) is 0. The van der Waals surface area contributed by atoms with Crippen LogP contribution in [0.15, 0.2) is 52.8 Å². The van der Waals surface area contributed by atoms with Crippen molar-refractivity contribution in [1.82, 2.24) is 4.57 Å². The van der Waals surface area contributed by atoms with Crippen LogP contribution in [0.5, 0.6) is 5.75 Å². The van der Waals surface area contributed by atoms with Crippen LogP contribution in [0.25, 0.3) is 11.3 Å². The third-order valence-corrected chi connectivity index (χ3v) is 6.24. The van der Waals surface area contributed by atoms with Crippen LogP contribution in [0.1, 0.15) is 18.4 Å². The Balaban J connectivity index is 1.58. The van der Waals surface area contributed by atoms with Gasteiger partial charge in [-0.25, -0.2) is 4.99 Å². The summed E-state index contributed by atoms with van der Waals surface area (Å²) >= 11 is 1.61. The van der Waals surface area contributed by atoms with Crippen molar-refractivity contribution in [3.05, 3.63) is 58.2 Å². The smallest absolute Gasteiger partial charge is 0.262 e. The van der Waals surface area contributed by atoms with E-state index in [-0.39, 0.29) is 18.6 Å². The molecule has 1 amide bonds.